The molecule has 0 radical (unpaired) electrons. The molecular formula is C65H43N9. The van der Waals surface area contributed by atoms with Gasteiger partial charge in [0.25, 0.3) is 0 Å². The first-order valence-electron chi connectivity index (χ1n) is 24.5. The minimum atomic E-state index is 0.491. The van der Waals surface area contributed by atoms with Crippen LogP contribution in [0.15, 0.2) is 261 Å². The van der Waals surface area contributed by atoms with Gasteiger partial charge in [-0.2, -0.15) is 0 Å². The van der Waals surface area contributed by atoms with Crippen molar-refractivity contribution in [1.29, 1.82) is 0 Å². The van der Waals surface area contributed by atoms with E-state index in [-0.39, 0.29) is 0 Å². The normalized spacial score (nSPS) is 11.7. The maximum atomic E-state index is 5.35. The van der Waals surface area contributed by atoms with Gasteiger partial charge in [0.05, 0.1) is 45.5 Å². The summed E-state index contributed by atoms with van der Waals surface area (Å²) in [6.07, 6.45) is 0. The zero-order chi connectivity index (χ0) is 49.2. The lowest BCUT2D eigenvalue weighted by Crippen LogP contribution is -2.25. The number of nitrogens with zero attached hydrogens (tertiary/aromatic N) is 9. The smallest absolute Gasteiger partial charge is 0.166 e. The Bertz CT molecular complexity index is 3730. The second-order valence-corrected chi connectivity index (χ2v) is 17.8. The Morgan fingerprint density at radius 2 is 0.527 bits per heavy atom. The van der Waals surface area contributed by atoms with Crippen LogP contribution >= 0.6 is 0 Å². The number of anilines is 6. The molecule has 1 aliphatic heterocycles. The van der Waals surface area contributed by atoms with Crippen molar-refractivity contribution in [3.05, 3.63) is 261 Å². The summed E-state index contributed by atoms with van der Waals surface area (Å²) in [5, 5.41) is 0. The number of rotatable bonds is 10. The van der Waals surface area contributed by atoms with Gasteiger partial charge in [0.15, 0.2) is 29.1 Å². The summed E-state index contributed by atoms with van der Waals surface area (Å²) >= 11 is 0. The van der Waals surface area contributed by atoms with Crippen LogP contribution in [0, 0.1) is 0 Å². The predicted molar refractivity (Wildman–Crippen MR) is 297 cm³/mol. The highest BCUT2D eigenvalue weighted by molar-refractivity contribution is 6.03. The van der Waals surface area contributed by atoms with Gasteiger partial charge in [-0.3, -0.25) is 4.90 Å². The second kappa shape index (κ2) is 19.2. The van der Waals surface area contributed by atoms with Gasteiger partial charge in [0.1, 0.15) is 5.82 Å². The zero-order valence-corrected chi connectivity index (χ0v) is 39.9. The third kappa shape index (κ3) is 8.40. The van der Waals surface area contributed by atoms with Gasteiger partial charge >= 0.3 is 0 Å². The third-order valence-electron chi connectivity index (χ3n) is 13.1. The van der Waals surface area contributed by atoms with Crippen molar-refractivity contribution in [2.75, 3.05) is 9.80 Å². The molecule has 1 aliphatic rings. The molecule has 348 valence electrons. The lowest BCUT2D eigenvalue weighted by molar-refractivity contribution is 1.07. The maximum Gasteiger partial charge on any atom is 0.166 e. The quantitative estimate of drug-likeness (QED) is 0.133. The van der Waals surface area contributed by atoms with Gasteiger partial charge in [0, 0.05) is 50.6 Å². The van der Waals surface area contributed by atoms with Crippen LogP contribution in [0.2, 0.25) is 0 Å². The molecule has 9 nitrogen and oxygen atoms in total. The highest BCUT2D eigenvalue weighted by Crippen LogP contribution is 2.55. The van der Waals surface area contributed by atoms with E-state index in [4.69, 9.17) is 34.9 Å². The van der Waals surface area contributed by atoms with E-state index in [1.807, 2.05) is 133 Å². The zero-order valence-electron chi connectivity index (χ0n) is 39.9. The van der Waals surface area contributed by atoms with Crippen LogP contribution in [-0.2, 0) is 0 Å². The first-order valence-corrected chi connectivity index (χ1v) is 24.5. The summed E-state index contributed by atoms with van der Waals surface area (Å²) in [5.41, 5.74) is 14.2. The van der Waals surface area contributed by atoms with Crippen molar-refractivity contribution >= 4 is 34.3 Å². The molecule has 9 heteroatoms. The molecule has 3 aromatic heterocycles. The van der Waals surface area contributed by atoms with E-state index in [2.05, 4.69) is 137 Å². The van der Waals surface area contributed by atoms with Crippen LogP contribution in [0.4, 0.5) is 34.3 Å². The monoisotopic (exact) mass is 949 g/mol. The molecule has 0 fully saturated rings. The van der Waals surface area contributed by atoms with E-state index in [1.54, 1.807) is 0 Å². The molecular weight excluding hydrogens is 907 g/mol. The van der Waals surface area contributed by atoms with E-state index in [0.29, 0.717) is 29.1 Å². The van der Waals surface area contributed by atoms with Gasteiger partial charge in [-0.15, -0.1) is 0 Å². The Kier molecular flexibility index (Phi) is 11.3. The number of benzene rings is 9. The Balaban J connectivity index is 1.05. The van der Waals surface area contributed by atoms with Crippen molar-refractivity contribution in [1.82, 2.24) is 34.9 Å². The molecule has 0 atom stereocenters. The number of para-hydroxylation sites is 4. The molecule has 0 spiro atoms. The van der Waals surface area contributed by atoms with Crippen LogP contribution in [0.3, 0.4) is 0 Å². The molecule has 0 saturated heterocycles. The summed E-state index contributed by atoms with van der Waals surface area (Å²) in [6.45, 7) is 0. The molecule has 4 heterocycles. The maximum absolute atomic E-state index is 5.35. The molecule has 74 heavy (non-hydrogen) atoms. The molecule has 12 aromatic rings. The van der Waals surface area contributed by atoms with Crippen molar-refractivity contribution < 1.29 is 0 Å². The van der Waals surface area contributed by atoms with Crippen LogP contribution in [0.25, 0.3) is 90.7 Å². The summed E-state index contributed by atoms with van der Waals surface area (Å²) in [5.74, 6) is 3.52. The van der Waals surface area contributed by atoms with Crippen molar-refractivity contribution in [2.24, 2.45) is 0 Å². The average Bonchev–Trinajstić information content (AvgIpc) is 3.49. The number of aromatic nitrogens is 7. The van der Waals surface area contributed by atoms with Gasteiger partial charge in [-0.1, -0.05) is 206 Å². The van der Waals surface area contributed by atoms with E-state index in [9.17, 15) is 0 Å². The molecule has 13 rings (SSSR count). The van der Waals surface area contributed by atoms with Crippen LogP contribution in [0.5, 0.6) is 0 Å². The minimum Gasteiger partial charge on any atom is -0.306 e. The first-order chi connectivity index (χ1) is 36.7. The average molecular weight is 950 g/mol. The Hall–Kier alpha value is -10.3. The minimum absolute atomic E-state index is 0.491. The van der Waals surface area contributed by atoms with Gasteiger partial charge in [-0.05, 0) is 48.5 Å². The highest BCUT2D eigenvalue weighted by Gasteiger charge is 2.33. The Morgan fingerprint density at radius 3 is 0.946 bits per heavy atom. The number of hydrogen-bond acceptors (Lipinski definition) is 9. The van der Waals surface area contributed by atoms with Crippen molar-refractivity contribution in [2.45, 2.75) is 0 Å². The first kappa shape index (κ1) is 43.7. The van der Waals surface area contributed by atoms with Crippen LogP contribution in [0.1, 0.15) is 0 Å². The molecule has 0 amide bonds. The lowest BCUT2D eigenvalue weighted by Gasteiger charge is -2.40. The Morgan fingerprint density at radius 1 is 0.203 bits per heavy atom. The van der Waals surface area contributed by atoms with Gasteiger partial charge in [-0.25, -0.2) is 34.9 Å². The SMILES string of the molecule is c1ccc(-c2cc(-c3ccccc3)nc(-c3ccc(N4c5ccccc5N(c5cc(-c6ccccc6)nc(-c6ccccc6)n5)c5ccccc54)c(-c4nc(-c5ccccc5)nc(-c5ccccc5)n4)c3)n2)cc1. The highest BCUT2D eigenvalue weighted by atomic mass is 15.3. The number of hydrogen-bond donors (Lipinski definition) is 0. The summed E-state index contributed by atoms with van der Waals surface area (Å²) in [7, 11) is 0. The summed E-state index contributed by atoms with van der Waals surface area (Å²) in [4.78, 5) is 41.4. The summed E-state index contributed by atoms with van der Waals surface area (Å²) < 4.78 is 0. The summed E-state index contributed by atoms with van der Waals surface area (Å²) in [6, 6.07) is 88.5. The third-order valence-corrected chi connectivity index (χ3v) is 13.1. The fourth-order valence-corrected chi connectivity index (χ4v) is 9.54. The van der Waals surface area contributed by atoms with Crippen molar-refractivity contribution in [3.8, 4) is 90.7 Å². The van der Waals surface area contributed by atoms with E-state index in [1.165, 1.54) is 0 Å². The van der Waals surface area contributed by atoms with E-state index < -0.39 is 0 Å². The fraction of sp³-hybridized carbons (Fsp3) is 0. The Labute approximate surface area is 428 Å². The van der Waals surface area contributed by atoms with Crippen molar-refractivity contribution in [3.63, 3.8) is 0 Å². The molecule has 9 aromatic carbocycles. The standard InChI is InChI=1S/C65H43N9/c1-7-23-44(24-8-1)52-42-53(45-25-9-2-10-26-45)67-64(66-52)50-39-40-55(51(41-50)65-71-62(48-31-15-5-16-32-48)70-63(72-65)49-33-17-6-18-34-49)73-56-35-19-21-37-58(56)74(59-38-22-20-36-57(59)73)60-43-54(46-27-11-3-12-28-46)68-61(69-60)47-29-13-4-14-30-47/h1-43H. The van der Waals surface area contributed by atoms with E-state index >= 15 is 0 Å². The fourth-order valence-electron chi connectivity index (χ4n) is 9.54. The van der Waals surface area contributed by atoms with Gasteiger partial charge in [0.2, 0.25) is 0 Å². The van der Waals surface area contributed by atoms with Gasteiger partial charge < -0.3 is 4.90 Å². The van der Waals surface area contributed by atoms with Crippen LogP contribution in [-0.4, -0.2) is 34.9 Å². The molecule has 0 N–H and O–H groups in total. The van der Waals surface area contributed by atoms with Crippen LogP contribution < -0.4 is 9.80 Å². The molecule has 0 aliphatic carbocycles. The van der Waals surface area contributed by atoms with E-state index in [0.717, 1.165) is 95.8 Å². The largest absolute Gasteiger partial charge is 0.306 e. The lowest BCUT2D eigenvalue weighted by atomic mass is 10.0. The molecule has 0 unspecified atom stereocenters. The second-order valence-electron chi connectivity index (χ2n) is 17.8. The predicted octanol–water partition coefficient (Wildman–Crippen LogP) is 16.0. The topological polar surface area (TPSA) is 96.7 Å². The molecule has 0 saturated carbocycles. The molecule has 0 bridgehead atoms. The number of fused-ring (bicyclic) bond motifs is 2.